The van der Waals surface area contributed by atoms with Gasteiger partial charge in [0.15, 0.2) is 5.82 Å². The number of pyridine rings is 1. The topological polar surface area (TPSA) is 84.4 Å². The zero-order valence-electron chi connectivity index (χ0n) is 18.7. The molecule has 0 spiro atoms. The molecule has 0 fully saturated rings. The third-order valence-corrected chi connectivity index (χ3v) is 6.53. The van der Waals surface area contributed by atoms with Gasteiger partial charge in [0.2, 0.25) is 0 Å². The molecule has 0 bridgehead atoms. The summed E-state index contributed by atoms with van der Waals surface area (Å²) in [4.78, 5) is 14.5. The van der Waals surface area contributed by atoms with Crippen molar-refractivity contribution in [2.45, 2.75) is 38.5 Å². The van der Waals surface area contributed by atoms with Gasteiger partial charge in [-0.25, -0.2) is 13.8 Å². The molecule has 3 heterocycles. The van der Waals surface area contributed by atoms with E-state index in [1.165, 1.54) is 23.5 Å². The van der Waals surface area contributed by atoms with E-state index in [4.69, 9.17) is 20.8 Å². The van der Waals surface area contributed by atoms with Crippen molar-refractivity contribution in [3.63, 3.8) is 0 Å². The standard InChI is InChI=1S/C26H26F2N4OS/c27-17-13-14-22(30-16-17)26-32-24(19-10-7-11-20(29)23(19)28)25(34-26)21-12-5-1-3-8-18(31-21)9-4-2-6-15-33/h5,7-8,10-14,16,33H,1-4,6,9,15,29H2/b12-5-,18-8-,31-21+. The maximum atomic E-state index is 15.0. The molecule has 2 aromatic heterocycles. The van der Waals surface area contributed by atoms with E-state index in [9.17, 15) is 4.39 Å². The number of allylic oxidation sites excluding steroid dienone is 4. The summed E-state index contributed by atoms with van der Waals surface area (Å²) in [6, 6.07) is 7.72. The first kappa shape index (κ1) is 23.9. The molecular formula is C26H26F2N4OS. The van der Waals surface area contributed by atoms with Crippen LogP contribution in [0.1, 0.15) is 43.4 Å². The molecule has 3 N–H and O–H groups in total. The Kier molecular flexibility index (Phi) is 7.92. The van der Waals surface area contributed by atoms with Gasteiger partial charge >= 0.3 is 0 Å². The minimum absolute atomic E-state index is 0.0394. The van der Waals surface area contributed by atoms with Crippen molar-refractivity contribution in [1.29, 1.82) is 0 Å². The fourth-order valence-corrected chi connectivity index (χ4v) is 4.70. The highest BCUT2D eigenvalue weighted by Gasteiger charge is 2.22. The number of aromatic nitrogens is 2. The van der Waals surface area contributed by atoms with E-state index in [0.29, 0.717) is 27.0 Å². The fraction of sp³-hybridized carbons (Fsp3) is 0.269. The second-order valence-electron chi connectivity index (χ2n) is 7.97. The van der Waals surface area contributed by atoms with E-state index < -0.39 is 11.6 Å². The van der Waals surface area contributed by atoms with Crippen molar-refractivity contribution in [1.82, 2.24) is 9.97 Å². The van der Waals surface area contributed by atoms with E-state index in [1.807, 2.05) is 12.2 Å². The summed E-state index contributed by atoms with van der Waals surface area (Å²) in [5.41, 5.74) is 8.75. The Morgan fingerprint density at radius 1 is 1.06 bits per heavy atom. The molecule has 0 amide bonds. The molecule has 0 unspecified atom stereocenters. The second-order valence-corrected chi connectivity index (χ2v) is 8.97. The molecule has 0 aliphatic carbocycles. The van der Waals surface area contributed by atoms with Crippen LogP contribution in [0.25, 0.3) is 22.0 Å². The molecule has 5 nitrogen and oxygen atoms in total. The van der Waals surface area contributed by atoms with Crippen molar-refractivity contribution in [3.8, 4) is 22.0 Å². The minimum Gasteiger partial charge on any atom is -0.396 e. The number of nitrogen functional groups attached to an aromatic ring is 1. The first-order valence-electron chi connectivity index (χ1n) is 11.3. The normalized spacial score (nSPS) is 17.9. The molecule has 0 saturated heterocycles. The van der Waals surface area contributed by atoms with Gasteiger partial charge in [-0.3, -0.25) is 9.98 Å². The number of rotatable bonds is 8. The minimum atomic E-state index is -0.539. The lowest BCUT2D eigenvalue weighted by molar-refractivity contribution is 0.283. The largest absolute Gasteiger partial charge is 0.396 e. The molecule has 0 atom stereocenters. The summed E-state index contributed by atoms with van der Waals surface area (Å²) in [6.45, 7) is 0.187. The predicted molar refractivity (Wildman–Crippen MR) is 134 cm³/mol. The van der Waals surface area contributed by atoms with Crippen LogP contribution in [-0.4, -0.2) is 27.4 Å². The van der Waals surface area contributed by atoms with E-state index in [0.717, 1.165) is 50.4 Å². The number of aliphatic imine (C=N–C) groups is 1. The molecule has 1 aromatic carbocycles. The number of nitrogens with two attached hydrogens (primary N) is 1. The van der Waals surface area contributed by atoms with Gasteiger partial charge < -0.3 is 10.8 Å². The van der Waals surface area contributed by atoms with Gasteiger partial charge in [0, 0.05) is 17.9 Å². The molecule has 1 aliphatic heterocycles. The molecular weight excluding hydrogens is 454 g/mol. The quantitative estimate of drug-likeness (QED) is 0.292. The smallest absolute Gasteiger partial charge is 0.155 e. The average Bonchev–Trinajstić information content (AvgIpc) is 3.25. The van der Waals surface area contributed by atoms with Gasteiger partial charge in [0.25, 0.3) is 0 Å². The number of halogens is 2. The average molecular weight is 481 g/mol. The molecule has 34 heavy (non-hydrogen) atoms. The van der Waals surface area contributed by atoms with Crippen LogP contribution in [0.4, 0.5) is 14.5 Å². The number of aliphatic hydroxyl groups excluding tert-OH is 1. The Balaban J connectivity index is 1.81. The van der Waals surface area contributed by atoms with E-state index in [-0.39, 0.29) is 17.9 Å². The Hall–Kier alpha value is -3.23. The van der Waals surface area contributed by atoms with Crippen LogP contribution in [-0.2, 0) is 0 Å². The van der Waals surface area contributed by atoms with E-state index in [2.05, 4.69) is 11.1 Å². The van der Waals surface area contributed by atoms with Gasteiger partial charge in [-0.05, 0) is 62.4 Å². The summed E-state index contributed by atoms with van der Waals surface area (Å²) in [6.07, 6.45) is 12.4. The third-order valence-electron chi connectivity index (χ3n) is 5.43. The third kappa shape index (κ3) is 5.63. The van der Waals surface area contributed by atoms with Gasteiger partial charge in [-0.15, -0.1) is 11.3 Å². The van der Waals surface area contributed by atoms with Crippen LogP contribution in [0, 0.1) is 11.6 Å². The van der Waals surface area contributed by atoms with Crippen molar-refractivity contribution in [2.75, 3.05) is 12.3 Å². The summed E-state index contributed by atoms with van der Waals surface area (Å²) in [5, 5.41) is 9.59. The van der Waals surface area contributed by atoms with Crippen molar-refractivity contribution < 1.29 is 13.9 Å². The van der Waals surface area contributed by atoms with Crippen LogP contribution in [0.15, 0.2) is 65.4 Å². The summed E-state index contributed by atoms with van der Waals surface area (Å²) < 4.78 is 28.5. The number of hydrogen-bond acceptors (Lipinski definition) is 6. The van der Waals surface area contributed by atoms with Crippen molar-refractivity contribution in [3.05, 3.63) is 77.0 Å². The fourth-order valence-electron chi connectivity index (χ4n) is 3.68. The predicted octanol–water partition coefficient (Wildman–Crippen LogP) is 6.31. The maximum Gasteiger partial charge on any atom is 0.155 e. The molecule has 176 valence electrons. The number of unbranched alkanes of at least 4 members (excludes halogenated alkanes) is 2. The molecule has 1 aliphatic rings. The Bertz CT molecular complexity index is 1230. The summed E-state index contributed by atoms with van der Waals surface area (Å²) in [7, 11) is 0. The Labute approximate surface area is 201 Å². The van der Waals surface area contributed by atoms with Gasteiger partial charge in [0.1, 0.15) is 10.8 Å². The molecule has 0 radical (unpaired) electrons. The second kappa shape index (κ2) is 11.3. The molecule has 0 saturated carbocycles. The maximum absolute atomic E-state index is 15.0. The van der Waals surface area contributed by atoms with Crippen LogP contribution < -0.4 is 5.73 Å². The van der Waals surface area contributed by atoms with Gasteiger partial charge in [0.05, 0.1) is 33.9 Å². The van der Waals surface area contributed by atoms with E-state index in [1.54, 1.807) is 18.2 Å². The molecule has 4 rings (SSSR count). The van der Waals surface area contributed by atoms with Gasteiger partial charge in [-0.2, -0.15) is 0 Å². The lowest BCUT2D eigenvalue weighted by Gasteiger charge is -2.10. The highest BCUT2D eigenvalue weighted by molar-refractivity contribution is 7.17. The van der Waals surface area contributed by atoms with Crippen molar-refractivity contribution >= 4 is 22.7 Å². The number of hydrogen-bond donors (Lipinski definition) is 2. The Morgan fingerprint density at radius 2 is 1.94 bits per heavy atom. The monoisotopic (exact) mass is 480 g/mol. The van der Waals surface area contributed by atoms with Crippen LogP contribution in [0.5, 0.6) is 0 Å². The lowest BCUT2D eigenvalue weighted by atomic mass is 10.1. The number of aliphatic hydroxyl groups is 1. The zero-order chi connectivity index (χ0) is 23.9. The molecule has 3 aromatic rings. The first-order chi connectivity index (χ1) is 16.6. The lowest BCUT2D eigenvalue weighted by Crippen LogP contribution is -2.02. The SMILES string of the molecule is Nc1cccc(-c2nc(-c3ccc(F)cn3)sc2C2=N/C(CCCCCO)=C\CC/C=C\2)c1F. The highest BCUT2D eigenvalue weighted by Crippen LogP contribution is 2.37. The summed E-state index contributed by atoms with van der Waals surface area (Å²) in [5.74, 6) is -0.978. The summed E-state index contributed by atoms with van der Waals surface area (Å²) >= 11 is 1.34. The number of nitrogens with zero attached hydrogens (tertiary/aromatic N) is 3. The number of anilines is 1. The van der Waals surface area contributed by atoms with Gasteiger partial charge in [-0.1, -0.05) is 24.6 Å². The number of benzene rings is 1. The van der Waals surface area contributed by atoms with Crippen molar-refractivity contribution in [2.24, 2.45) is 4.99 Å². The van der Waals surface area contributed by atoms with Crippen LogP contribution >= 0.6 is 11.3 Å². The zero-order valence-corrected chi connectivity index (χ0v) is 19.5. The molecule has 8 heteroatoms. The van der Waals surface area contributed by atoms with Crippen LogP contribution in [0.3, 0.4) is 0 Å². The Morgan fingerprint density at radius 3 is 2.74 bits per heavy atom. The van der Waals surface area contributed by atoms with Crippen LogP contribution in [0.2, 0.25) is 0 Å². The number of thiazole rings is 1. The first-order valence-corrected chi connectivity index (χ1v) is 12.1. The van der Waals surface area contributed by atoms with E-state index >= 15 is 4.39 Å². The highest BCUT2D eigenvalue weighted by atomic mass is 32.1.